The fourth-order valence-corrected chi connectivity index (χ4v) is 4.08. The highest BCUT2D eigenvalue weighted by atomic mass is 35.5. The minimum absolute atomic E-state index is 0.0382. The van der Waals surface area contributed by atoms with E-state index in [1.807, 2.05) is 55.5 Å². The number of β-amino-alcohol motifs (C(OH)–C–C–N with tert-alkyl or cyclic N) is 1. The number of halogens is 2. The molecule has 1 saturated heterocycles. The number of rotatable bonds is 9. The van der Waals surface area contributed by atoms with Crippen LogP contribution in [0.2, 0.25) is 10.0 Å². The van der Waals surface area contributed by atoms with Crippen molar-refractivity contribution < 1.29 is 19.4 Å². The second kappa shape index (κ2) is 11.8. The van der Waals surface area contributed by atoms with Gasteiger partial charge < -0.3 is 19.5 Å². The monoisotopic (exact) mass is 465 g/mol. The molecule has 1 N–H and O–H groups in total. The smallest absolute Gasteiger partial charge is 0.309 e. The zero-order valence-corrected chi connectivity index (χ0v) is 19.2. The van der Waals surface area contributed by atoms with E-state index in [0.29, 0.717) is 23.2 Å². The lowest BCUT2D eigenvalue weighted by Gasteiger charge is -2.32. The van der Waals surface area contributed by atoms with Gasteiger partial charge >= 0.3 is 5.97 Å². The molecule has 2 aromatic carbocycles. The van der Waals surface area contributed by atoms with Gasteiger partial charge in [-0.2, -0.15) is 0 Å². The lowest BCUT2D eigenvalue weighted by Crippen LogP contribution is -2.42. The molecule has 2 aromatic rings. The summed E-state index contributed by atoms with van der Waals surface area (Å²) < 4.78 is 11.3. The highest BCUT2D eigenvalue weighted by Gasteiger charge is 2.27. The molecule has 0 amide bonds. The van der Waals surface area contributed by atoms with E-state index in [9.17, 15) is 9.90 Å². The molecule has 7 heteroatoms. The standard InChI is InChI=1S/C24H29Cl2NO4/c1-2-30-24(29)19-11-13-27(14-12-19)15-22(28)16-31-23(17-3-7-20(25)8-4-17)18-5-9-21(26)10-6-18/h3-10,19,22-23,28H,2,11-16H2,1H3/t22-/m0/s1. The summed E-state index contributed by atoms with van der Waals surface area (Å²) in [7, 11) is 0. The average molecular weight is 466 g/mol. The van der Waals surface area contributed by atoms with Gasteiger partial charge in [0.25, 0.3) is 0 Å². The summed E-state index contributed by atoms with van der Waals surface area (Å²) in [5.41, 5.74) is 1.91. The summed E-state index contributed by atoms with van der Waals surface area (Å²) in [5, 5.41) is 11.9. The quantitative estimate of drug-likeness (QED) is 0.542. The van der Waals surface area contributed by atoms with Crippen molar-refractivity contribution in [3.05, 3.63) is 69.7 Å². The molecule has 1 atom stereocenters. The molecule has 1 aliphatic heterocycles. The molecule has 1 aliphatic rings. The van der Waals surface area contributed by atoms with Crippen LogP contribution in [0.5, 0.6) is 0 Å². The Balaban J connectivity index is 1.55. The van der Waals surface area contributed by atoms with Crippen LogP contribution in [0.15, 0.2) is 48.5 Å². The summed E-state index contributed by atoms with van der Waals surface area (Å²) >= 11 is 12.1. The van der Waals surface area contributed by atoms with Crippen LogP contribution in [0.25, 0.3) is 0 Å². The molecule has 1 fully saturated rings. The van der Waals surface area contributed by atoms with Gasteiger partial charge in [-0.05, 0) is 68.2 Å². The molecule has 0 unspecified atom stereocenters. The fourth-order valence-electron chi connectivity index (χ4n) is 3.83. The van der Waals surface area contributed by atoms with Crippen LogP contribution in [0, 0.1) is 5.92 Å². The number of hydrogen-bond acceptors (Lipinski definition) is 5. The van der Waals surface area contributed by atoms with Gasteiger partial charge in [0.05, 0.1) is 25.2 Å². The van der Waals surface area contributed by atoms with Crippen LogP contribution >= 0.6 is 23.2 Å². The number of carbonyl (C=O) groups is 1. The van der Waals surface area contributed by atoms with Gasteiger partial charge in [-0.1, -0.05) is 47.5 Å². The third-order valence-corrected chi connectivity index (χ3v) is 5.98. The summed E-state index contributed by atoms with van der Waals surface area (Å²) in [5.74, 6) is -0.149. The first kappa shape index (κ1) is 24.0. The first-order chi connectivity index (χ1) is 15.0. The Bertz CT molecular complexity index is 775. The normalized spacial score (nSPS) is 16.4. The summed E-state index contributed by atoms with van der Waals surface area (Å²) in [6.45, 7) is 4.45. The lowest BCUT2D eigenvalue weighted by molar-refractivity contribution is -0.149. The maximum absolute atomic E-state index is 11.9. The molecule has 0 aliphatic carbocycles. The lowest BCUT2D eigenvalue weighted by atomic mass is 9.97. The number of nitrogens with zero attached hydrogens (tertiary/aromatic N) is 1. The van der Waals surface area contributed by atoms with Crippen molar-refractivity contribution in [2.45, 2.75) is 32.0 Å². The largest absolute Gasteiger partial charge is 0.466 e. The number of esters is 1. The number of hydrogen-bond donors (Lipinski definition) is 1. The second-order valence-corrected chi connectivity index (χ2v) is 8.67. The van der Waals surface area contributed by atoms with Crippen LogP contribution in [-0.2, 0) is 14.3 Å². The van der Waals surface area contributed by atoms with Gasteiger partial charge in [0.15, 0.2) is 0 Å². The van der Waals surface area contributed by atoms with E-state index >= 15 is 0 Å². The Morgan fingerprint density at radius 3 is 2.03 bits per heavy atom. The van der Waals surface area contributed by atoms with Gasteiger partial charge in [0, 0.05) is 16.6 Å². The van der Waals surface area contributed by atoms with Gasteiger partial charge in [-0.25, -0.2) is 0 Å². The fraction of sp³-hybridized carbons (Fsp3) is 0.458. The van der Waals surface area contributed by atoms with Crippen molar-refractivity contribution >= 4 is 29.2 Å². The Morgan fingerprint density at radius 1 is 1.03 bits per heavy atom. The third kappa shape index (κ3) is 7.19. The molecule has 0 aromatic heterocycles. The van der Waals surface area contributed by atoms with Crippen LogP contribution in [-0.4, -0.2) is 54.9 Å². The Hall–Kier alpha value is -1.63. The molecule has 0 spiro atoms. The van der Waals surface area contributed by atoms with Gasteiger partial charge in [-0.15, -0.1) is 0 Å². The predicted octanol–water partition coefficient (Wildman–Crippen LogP) is 4.74. The van der Waals surface area contributed by atoms with Crippen LogP contribution < -0.4 is 0 Å². The Kier molecular flexibility index (Phi) is 9.17. The number of aliphatic hydroxyl groups excluding tert-OH is 1. The molecule has 31 heavy (non-hydrogen) atoms. The minimum atomic E-state index is -0.638. The van der Waals surface area contributed by atoms with Crippen molar-refractivity contribution in [2.75, 3.05) is 32.8 Å². The predicted molar refractivity (Wildman–Crippen MR) is 123 cm³/mol. The second-order valence-electron chi connectivity index (χ2n) is 7.80. The average Bonchev–Trinajstić information content (AvgIpc) is 2.77. The first-order valence-electron chi connectivity index (χ1n) is 10.7. The Labute approximate surface area is 193 Å². The molecule has 168 valence electrons. The van der Waals surface area contributed by atoms with Crippen LogP contribution in [0.3, 0.4) is 0 Å². The number of carbonyl (C=O) groups excluding carboxylic acids is 1. The molecule has 5 nitrogen and oxygen atoms in total. The van der Waals surface area contributed by atoms with Gasteiger partial charge in [0.1, 0.15) is 6.10 Å². The molecular formula is C24H29Cl2NO4. The van der Waals surface area contributed by atoms with Gasteiger partial charge in [-0.3, -0.25) is 4.79 Å². The number of benzene rings is 2. The number of likely N-dealkylation sites (tertiary alicyclic amines) is 1. The molecule has 0 saturated carbocycles. The first-order valence-corrected chi connectivity index (χ1v) is 11.4. The molecule has 0 radical (unpaired) electrons. The van der Waals surface area contributed by atoms with E-state index in [-0.39, 0.29) is 24.6 Å². The van der Waals surface area contributed by atoms with E-state index in [1.165, 1.54) is 0 Å². The van der Waals surface area contributed by atoms with E-state index in [2.05, 4.69) is 4.90 Å². The summed E-state index contributed by atoms with van der Waals surface area (Å²) in [6.07, 6.45) is 0.537. The number of piperidine rings is 1. The topological polar surface area (TPSA) is 59.0 Å². The maximum atomic E-state index is 11.9. The zero-order valence-electron chi connectivity index (χ0n) is 17.7. The zero-order chi connectivity index (χ0) is 22.2. The number of aliphatic hydroxyl groups is 1. The van der Waals surface area contributed by atoms with E-state index < -0.39 is 6.10 Å². The molecular weight excluding hydrogens is 437 g/mol. The Morgan fingerprint density at radius 2 is 1.55 bits per heavy atom. The highest BCUT2D eigenvalue weighted by molar-refractivity contribution is 6.30. The van der Waals surface area contributed by atoms with Crippen molar-refractivity contribution in [1.82, 2.24) is 4.90 Å². The summed E-state index contributed by atoms with van der Waals surface area (Å²) in [4.78, 5) is 14.1. The van der Waals surface area contributed by atoms with Crippen molar-refractivity contribution in [1.29, 1.82) is 0 Å². The van der Waals surface area contributed by atoms with Crippen molar-refractivity contribution in [3.63, 3.8) is 0 Å². The third-order valence-electron chi connectivity index (χ3n) is 5.48. The molecule has 1 heterocycles. The molecule has 0 bridgehead atoms. The minimum Gasteiger partial charge on any atom is -0.466 e. The number of ether oxygens (including phenoxy) is 2. The van der Waals surface area contributed by atoms with Crippen molar-refractivity contribution in [3.8, 4) is 0 Å². The van der Waals surface area contributed by atoms with Crippen LogP contribution in [0.1, 0.15) is 37.0 Å². The summed E-state index contributed by atoms with van der Waals surface area (Å²) in [6, 6.07) is 15.0. The highest BCUT2D eigenvalue weighted by Crippen LogP contribution is 2.28. The van der Waals surface area contributed by atoms with E-state index in [1.54, 1.807) is 0 Å². The van der Waals surface area contributed by atoms with Gasteiger partial charge in [0.2, 0.25) is 0 Å². The van der Waals surface area contributed by atoms with E-state index in [0.717, 1.165) is 37.1 Å². The van der Waals surface area contributed by atoms with E-state index in [4.69, 9.17) is 32.7 Å². The molecule has 3 rings (SSSR count). The SMILES string of the molecule is CCOC(=O)C1CCN(C[C@H](O)COC(c2ccc(Cl)cc2)c2ccc(Cl)cc2)CC1. The van der Waals surface area contributed by atoms with Crippen molar-refractivity contribution in [2.24, 2.45) is 5.92 Å². The maximum Gasteiger partial charge on any atom is 0.309 e. The van der Waals surface area contributed by atoms with Crippen LogP contribution in [0.4, 0.5) is 0 Å².